The third kappa shape index (κ3) is 3.40. The minimum Gasteiger partial charge on any atom is -0.256 e. The number of rotatable bonds is 2. The molecule has 0 saturated heterocycles. The number of aliphatic imine (C=N–C) groups is 1. The van der Waals surface area contributed by atoms with Crippen LogP contribution in [-0.2, 0) is 0 Å². The van der Waals surface area contributed by atoms with Crippen molar-refractivity contribution in [1.29, 1.82) is 0 Å². The van der Waals surface area contributed by atoms with Crippen LogP contribution in [-0.4, -0.2) is 41.0 Å². The van der Waals surface area contributed by atoms with Gasteiger partial charge in [0.05, 0.1) is 5.04 Å². The number of hydrogen-bond donors (Lipinski definition) is 0. The normalized spacial score (nSPS) is 17.2. The summed E-state index contributed by atoms with van der Waals surface area (Å²) in [4.78, 5) is 4.74. The van der Waals surface area contributed by atoms with Gasteiger partial charge in [-0.05, 0) is 30.2 Å². The summed E-state index contributed by atoms with van der Waals surface area (Å²) in [6.45, 7) is 3.91. The average molecular weight is 421 g/mol. The lowest BCUT2D eigenvalue weighted by Crippen LogP contribution is -2.31. The first kappa shape index (κ1) is 18.0. The highest BCUT2D eigenvalue weighted by atomic mass is 32.2. The summed E-state index contributed by atoms with van der Waals surface area (Å²) in [5, 5.41) is 27.5. The molecule has 1 aliphatic heterocycles. The molecule has 0 radical (unpaired) electrons. The zero-order valence-corrected chi connectivity index (χ0v) is 17.3. The van der Waals surface area contributed by atoms with Crippen LogP contribution < -0.4 is 0 Å². The number of nitrogens with zero attached hydrogens (tertiary/aromatic N) is 8. The maximum absolute atomic E-state index is 4.77. The van der Waals surface area contributed by atoms with E-state index in [0.717, 1.165) is 10.1 Å². The van der Waals surface area contributed by atoms with E-state index in [-0.39, 0.29) is 5.37 Å². The number of aryl methyl sites for hydroxylation is 1. The van der Waals surface area contributed by atoms with E-state index in [1.165, 1.54) is 27.7 Å². The Morgan fingerprint density at radius 2 is 1.79 bits per heavy atom. The van der Waals surface area contributed by atoms with Crippen molar-refractivity contribution in [2.75, 3.05) is 0 Å². The first-order valence-corrected chi connectivity index (χ1v) is 10.6. The van der Waals surface area contributed by atoms with Crippen molar-refractivity contribution in [3.8, 4) is 0 Å². The summed E-state index contributed by atoms with van der Waals surface area (Å²) < 4.78 is 1.75. The van der Waals surface area contributed by atoms with Gasteiger partial charge in [0.15, 0.2) is 0 Å². The van der Waals surface area contributed by atoms with Crippen LogP contribution in [0, 0.1) is 6.92 Å². The molecule has 4 aromatic rings. The second-order valence-electron chi connectivity index (χ2n) is 6.39. The van der Waals surface area contributed by atoms with Crippen LogP contribution in [0.5, 0.6) is 0 Å². The quantitative estimate of drug-likeness (QED) is 0.357. The summed E-state index contributed by atoms with van der Waals surface area (Å²) in [5.74, 6) is 0.577. The monoisotopic (exact) mass is 420 g/mol. The molecule has 144 valence electrons. The maximum atomic E-state index is 4.77. The van der Waals surface area contributed by atoms with E-state index in [4.69, 9.17) is 10.1 Å². The fourth-order valence-corrected chi connectivity index (χ4v) is 4.78. The Hall–Kier alpha value is -3.11. The predicted molar refractivity (Wildman–Crippen MR) is 116 cm³/mol. The number of thioether (sulfide) groups is 1. The molecule has 2 aromatic heterocycles. The molecular formula is C19H16N8S2. The molecule has 0 amide bonds. The van der Waals surface area contributed by atoms with Crippen molar-refractivity contribution >= 4 is 50.0 Å². The van der Waals surface area contributed by atoms with Crippen LogP contribution in [0.15, 0.2) is 65.2 Å². The summed E-state index contributed by atoms with van der Waals surface area (Å²) >= 11 is 3.12. The van der Waals surface area contributed by atoms with Gasteiger partial charge in [0.1, 0.15) is 23.0 Å². The lowest BCUT2D eigenvalue weighted by atomic mass is 10.0. The molecule has 8 nitrogen and oxygen atoms in total. The smallest absolute Gasteiger partial charge is 0.237 e. The SMILES string of the molecule is CC1=NN(/C(=N/c2nnc(C)s2)n2cnnc2)[C@H](c2cccc3ccccc23)S1. The van der Waals surface area contributed by atoms with Crippen molar-refractivity contribution in [2.45, 2.75) is 19.2 Å². The Kier molecular flexibility index (Phi) is 4.57. The molecule has 0 spiro atoms. The molecule has 1 aliphatic rings. The summed E-state index contributed by atoms with van der Waals surface area (Å²) in [5.41, 5.74) is 1.17. The Balaban J connectivity index is 1.65. The van der Waals surface area contributed by atoms with Crippen LogP contribution in [0.4, 0.5) is 5.13 Å². The third-order valence-corrected chi connectivity index (χ3v) is 6.24. The molecule has 0 fully saturated rings. The van der Waals surface area contributed by atoms with E-state index in [1.807, 2.05) is 18.9 Å². The Morgan fingerprint density at radius 1 is 1.00 bits per heavy atom. The minimum atomic E-state index is -0.0729. The number of aromatic nitrogens is 5. The van der Waals surface area contributed by atoms with Crippen LogP contribution in [0.1, 0.15) is 22.9 Å². The van der Waals surface area contributed by atoms with Gasteiger partial charge in [-0.1, -0.05) is 65.6 Å². The Bertz CT molecular complexity index is 1220. The van der Waals surface area contributed by atoms with Gasteiger partial charge in [0.2, 0.25) is 11.1 Å². The summed E-state index contributed by atoms with van der Waals surface area (Å²) in [6, 6.07) is 14.7. The summed E-state index contributed by atoms with van der Waals surface area (Å²) in [6.07, 6.45) is 3.22. The summed E-state index contributed by atoms with van der Waals surface area (Å²) in [7, 11) is 0. The van der Waals surface area contributed by atoms with E-state index >= 15 is 0 Å². The maximum Gasteiger partial charge on any atom is 0.237 e. The van der Waals surface area contributed by atoms with Crippen molar-refractivity contribution in [3.63, 3.8) is 0 Å². The van der Waals surface area contributed by atoms with E-state index in [9.17, 15) is 0 Å². The molecule has 10 heteroatoms. The molecular weight excluding hydrogens is 404 g/mol. The molecule has 0 bridgehead atoms. The van der Waals surface area contributed by atoms with Crippen molar-refractivity contribution in [3.05, 3.63) is 65.7 Å². The van der Waals surface area contributed by atoms with E-state index in [2.05, 4.69) is 62.9 Å². The zero-order chi connectivity index (χ0) is 19.8. The molecule has 5 rings (SSSR count). The van der Waals surface area contributed by atoms with Gasteiger partial charge >= 0.3 is 0 Å². The van der Waals surface area contributed by atoms with Crippen molar-refractivity contribution < 1.29 is 0 Å². The first-order chi connectivity index (χ1) is 14.2. The highest BCUT2D eigenvalue weighted by Crippen LogP contribution is 2.42. The average Bonchev–Trinajstić information content (AvgIpc) is 3.47. The molecule has 0 unspecified atom stereocenters. The fourth-order valence-electron chi connectivity index (χ4n) is 3.20. The standard InChI is InChI=1S/C19H16N8S2/c1-12-23-24-18(29-12)22-19(26-10-20-21-11-26)27-17(28-13(2)25-27)16-9-5-7-14-6-3-4-8-15(14)16/h3-11,17H,1-2H3/b22-19+/t17-/m0/s1. The lowest BCUT2D eigenvalue weighted by Gasteiger charge is -2.25. The lowest BCUT2D eigenvalue weighted by molar-refractivity contribution is 0.426. The number of benzene rings is 2. The van der Waals surface area contributed by atoms with Gasteiger partial charge in [-0.2, -0.15) is 10.1 Å². The molecule has 29 heavy (non-hydrogen) atoms. The van der Waals surface area contributed by atoms with E-state index < -0.39 is 0 Å². The number of hydrazone groups is 1. The van der Waals surface area contributed by atoms with Gasteiger partial charge in [-0.25, -0.2) is 5.01 Å². The third-order valence-electron chi connectivity index (χ3n) is 4.41. The van der Waals surface area contributed by atoms with Crippen LogP contribution in [0.25, 0.3) is 10.8 Å². The van der Waals surface area contributed by atoms with E-state index in [0.29, 0.717) is 11.1 Å². The first-order valence-electron chi connectivity index (χ1n) is 8.91. The molecule has 2 aromatic carbocycles. The zero-order valence-electron chi connectivity index (χ0n) is 15.7. The predicted octanol–water partition coefficient (Wildman–Crippen LogP) is 4.21. The van der Waals surface area contributed by atoms with Gasteiger partial charge < -0.3 is 0 Å². The molecule has 0 saturated carbocycles. The molecule has 3 heterocycles. The van der Waals surface area contributed by atoms with Gasteiger partial charge in [-0.3, -0.25) is 4.57 Å². The highest BCUT2D eigenvalue weighted by molar-refractivity contribution is 8.14. The second kappa shape index (κ2) is 7.37. The van der Waals surface area contributed by atoms with Crippen LogP contribution in [0.2, 0.25) is 0 Å². The molecule has 0 N–H and O–H groups in total. The van der Waals surface area contributed by atoms with E-state index in [1.54, 1.807) is 29.0 Å². The number of hydrogen-bond acceptors (Lipinski definition) is 8. The Morgan fingerprint density at radius 3 is 2.59 bits per heavy atom. The van der Waals surface area contributed by atoms with Crippen LogP contribution in [0.3, 0.4) is 0 Å². The second-order valence-corrected chi connectivity index (χ2v) is 8.82. The molecule has 1 atom stereocenters. The highest BCUT2D eigenvalue weighted by Gasteiger charge is 2.33. The minimum absolute atomic E-state index is 0.0729. The van der Waals surface area contributed by atoms with Gasteiger partial charge in [0, 0.05) is 0 Å². The van der Waals surface area contributed by atoms with Gasteiger partial charge in [0.25, 0.3) is 0 Å². The van der Waals surface area contributed by atoms with Crippen molar-refractivity contribution in [2.24, 2.45) is 10.1 Å². The van der Waals surface area contributed by atoms with Crippen LogP contribution >= 0.6 is 23.1 Å². The van der Waals surface area contributed by atoms with Gasteiger partial charge in [-0.15, -0.1) is 20.4 Å². The fraction of sp³-hybridized carbons (Fsp3) is 0.158. The Labute approximate surface area is 175 Å². The number of fused-ring (bicyclic) bond motifs is 1. The topological polar surface area (TPSA) is 84.5 Å². The largest absolute Gasteiger partial charge is 0.256 e. The van der Waals surface area contributed by atoms with Crippen molar-refractivity contribution in [1.82, 2.24) is 30.0 Å². The molecule has 0 aliphatic carbocycles.